The van der Waals surface area contributed by atoms with E-state index in [1.54, 1.807) is 6.07 Å². The van der Waals surface area contributed by atoms with Gasteiger partial charge >= 0.3 is 0 Å². The maximum atomic E-state index is 10.4. The lowest BCUT2D eigenvalue weighted by Gasteiger charge is -2.14. The van der Waals surface area contributed by atoms with E-state index in [9.17, 15) is 5.11 Å². The molecule has 1 aromatic heterocycles. The van der Waals surface area contributed by atoms with Crippen molar-refractivity contribution < 1.29 is 5.11 Å². The monoisotopic (exact) mass is 428 g/mol. The highest BCUT2D eigenvalue weighted by atomic mass is 79.9. The Bertz CT molecular complexity index is 598. The largest absolute Gasteiger partial charge is 0.384 e. The third kappa shape index (κ3) is 2.94. The van der Waals surface area contributed by atoms with Crippen LogP contribution in [0.25, 0.3) is 0 Å². The highest BCUT2D eigenvalue weighted by Gasteiger charge is 2.20. The predicted octanol–water partition coefficient (Wildman–Crippen LogP) is 5.97. The van der Waals surface area contributed by atoms with Crippen molar-refractivity contribution in [2.24, 2.45) is 0 Å². The van der Waals surface area contributed by atoms with Crippen LogP contribution in [0.2, 0.25) is 8.67 Å². The zero-order valence-corrected chi connectivity index (χ0v) is 14.7. The molecule has 0 bridgehead atoms. The molecule has 0 aliphatic heterocycles. The number of thiophene rings is 1. The molecule has 1 N–H and O–H groups in total. The number of hydrogen-bond acceptors (Lipinski definition) is 2. The number of aliphatic hydroxyl groups excluding tert-OH is 1. The van der Waals surface area contributed by atoms with E-state index in [1.807, 2.05) is 19.1 Å². The quantitative estimate of drug-likeness (QED) is 0.622. The van der Waals surface area contributed by atoms with Crippen molar-refractivity contribution in [1.29, 1.82) is 0 Å². The Morgan fingerprint density at radius 2 is 1.78 bits per heavy atom. The molecular formula is C12H8Br2Cl2OS. The summed E-state index contributed by atoms with van der Waals surface area (Å²) in [4.78, 5) is 0. The third-order valence-electron chi connectivity index (χ3n) is 2.55. The van der Waals surface area contributed by atoms with E-state index in [4.69, 9.17) is 23.2 Å². The topological polar surface area (TPSA) is 20.2 Å². The predicted molar refractivity (Wildman–Crippen MR) is 85.0 cm³/mol. The number of aryl methyl sites for hydroxylation is 1. The molecule has 1 heterocycles. The number of hydrogen-bond donors (Lipinski definition) is 1. The SMILES string of the molecule is Cc1cc(Br)c(C(O)c2cc(Cl)sc2Cl)cc1Br. The fourth-order valence-corrected chi connectivity index (χ4v) is 4.13. The smallest absolute Gasteiger partial charge is 0.107 e. The van der Waals surface area contributed by atoms with Gasteiger partial charge in [0.1, 0.15) is 10.4 Å². The van der Waals surface area contributed by atoms with Gasteiger partial charge in [0, 0.05) is 20.1 Å². The molecule has 0 amide bonds. The summed E-state index contributed by atoms with van der Waals surface area (Å²) < 4.78 is 2.86. The van der Waals surface area contributed by atoms with Crippen LogP contribution in [0.5, 0.6) is 0 Å². The molecule has 6 heteroatoms. The molecule has 96 valence electrons. The van der Waals surface area contributed by atoms with Crippen LogP contribution in [0.1, 0.15) is 22.8 Å². The maximum absolute atomic E-state index is 10.4. The molecule has 1 nitrogen and oxygen atoms in total. The second-order valence-corrected chi connectivity index (χ2v) is 7.80. The summed E-state index contributed by atoms with van der Waals surface area (Å²) in [5, 5.41) is 10.4. The van der Waals surface area contributed by atoms with Gasteiger partial charge in [0.15, 0.2) is 0 Å². The number of halogens is 4. The molecule has 0 aliphatic rings. The molecule has 1 atom stereocenters. The molecule has 0 radical (unpaired) electrons. The van der Waals surface area contributed by atoms with Crippen molar-refractivity contribution in [3.8, 4) is 0 Å². The number of benzene rings is 1. The summed E-state index contributed by atoms with van der Waals surface area (Å²) in [6.07, 6.45) is -0.799. The Kier molecular flexibility index (Phi) is 4.79. The first-order valence-electron chi connectivity index (χ1n) is 4.98. The van der Waals surface area contributed by atoms with Gasteiger partial charge in [0.2, 0.25) is 0 Å². The highest BCUT2D eigenvalue weighted by Crippen LogP contribution is 2.40. The lowest BCUT2D eigenvalue weighted by molar-refractivity contribution is 0.220. The molecule has 1 aromatic carbocycles. The summed E-state index contributed by atoms with van der Waals surface area (Å²) in [5.41, 5.74) is 2.47. The van der Waals surface area contributed by atoms with Crippen LogP contribution < -0.4 is 0 Å². The molecule has 2 aromatic rings. The lowest BCUT2D eigenvalue weighted by atomic mass is 10.0. The fraction of sp³-hybridized carbons (Fsp3) is 0.167. The van der Waals surface area contributed by atoms with Gasteiger partial charge in [-0.05, 0) is 30.7 Å². The highest BCUT2D eigenvalue weighted by molar-refractivity contribution is 9.11. The molecule has 0 aliphatic carbocycles. The van der Waals surface area contributed by atoms with Gasteiger partial charge in [-0.1, -0.05) is 55.1 Å². The molecule has 0 fully saturated rings. The van der Waals surface area contributed by atoms with Crippen molar-refractivity contribution >= 4 is 66.4 Å². The Hall–Kier alpha value is 0.420. The summed E-state index contributed by atoms with van der Waals surface area (Å²) in [5.74, 6) is 0. The van der Waals surface area contributed by atoms with Crippen LogP contribution in [-0.4, -0.2) is 5.11 Å². The Labute approximate surface area is 136 Å². The first-order chi connectivity index (χ1) is 8.40. The van der Waals surface area contributed by atoms with Crippen molar-refractivity contribution in [2.75, 3.05) is 0 Å². The van der Waals surface area contributed by atoms with E-state index in [2.05, 4.69) is 31.9 Å². The fourth-order valence-electron chi connectivity index (χ4n) is 1.58. The molecule has 0 saturated carbocycles. The van der Waals surface area contributed by atoms with Crippen molar-refractivity contribution in [2.45, 2.75) is 13.0 Å². The van der Waals surface area contributed by atoms with Crippen LogP contribution in [0.3, 0.4) is 0 Å². The molecular weight excluding hydrogens is 423 g/mol. The van der Waals surface area contributed by atoms with Crippen LogP contribution in [0.4, 0.5) is 0 Å². The van der Waals surface area contributed by atoms with Crippen molar-refractivity contribution in [3.63, 3.8) is 0 Å². The van der Waals surface area contributed by atoms with Crippen molar-refractivity contribution in [1.82, 2.24) is 0 Å². The standard InChI is InChI=1S/C12H8Br2Cl2OS/c1-5-2-9(14)6(3-8(5)13)11(17)7-4-10(15)18-12(7)16/h2-4,11,17H,1H3. The summed E-state index contributed by atoms with van der Waals surface area (Å²) in [6, 6.07) is 5.52. The Balaban J connectivity index is 2.49. The lowest BCUT2D eigenvalue weighted by Crippen LogP contribution is -2.00. The average Bonchev–Trinajstić information content (AvgIpc) is 2.62. The van der Waals surface area contributed by atoms with Crippen LogP contribution in [0, 0.1) is 6.92 Å². The van der Waals surface area contributed by atoms with E-state index < -0.39 is 6.10 Å². The van der Waals surface area contributed by atoms with Gasteiger partial charge < -0.3 is 5.11 Å². The van der Waals surface area contributed by atoms with Crippen molar-refractivity contribution in [3.05, 3.63) is 52.5 Å². The third-order valence-corrected chi connectivity index (χ3v) is 5.61. The van der Waals surface area contributed by atoms with E-state index in [1.165, 1.54) is 11.3 Å². The second-order valence-electron chi connectivity index (χ2n) is 3.80. The zero-order valence-electron chi connectivity index (χ0n) is 9.18. The number of aliphatic hydroxyl groups is 1. The molecule has 1 unspecified atom stereocenters. The summed E-state index contributed by atoms with van der Waals surface area (Å²) in [6.45, 7) is 1.99. The first-order valence-corrected chi connectivity index (χ1v) is 8.14. The Morgan fingerprint density at radius 1 is 1.11 bits per heavy atom. The molecule has 18 heavy (non-hydrogen) atoms. The van der Waals surface area contributed by atoms with Gasteiger partial charge in [-0.15, -0.1) is 11.3 Å². The maximum Gasteiger partial charge on any atom is 0.107 e. The minimum Gasteiger partial charge on any atom is -0.384 e. The van der Waals surface area contributed by atoms with Gasteiger partial charge in [0.05, 0.1) is 4.34 Å². The van der Waals surface area contributed by atoms with Gasteiger partial charge in [-0.3, -0.25) is 0 Å². The van der Waals surface area contributed by atoms with Crippen LogP contribution in [0.15, 0.2) is 27.1 Å². The van der Waals surface area contributed by atoms with E-state index in [-0.39, 0.29) is 0 Å². The Morgan fingerprint density at radius 3 is 2.33 bits per heavy atom. The minimum atomic E-state index is -0.799. The van der Waals surface area contributed by atoms with Crippen LogP contribution >= 0.6 is 66.4 Å². The van der Waals surface area contributed by atoms with Gasteiger partial charge in [0.25, 0.3) is 0 Å². The van der Waals surface area contributed by atoms with E-state index >= 15 is 0 Å². The molecule has 0 saturated heterocycles. The van der Waals surface area contributed by atoms with Gasteiger partial charge in [-0.25, -0.2) is 0 Å². The number of rotatable bonds is 2. The van der Waals surface area contributed by atoms with E-state index in [0.717, 1.165) is 20.1 Å². The molecule has 0 spiro atoms. The second kappa shape index (κ2) is 5.81. The van der Waals surface area contributed by atoms with Crippen LogP contribution in [-0.2, 0) is 0 Å². The van der Waals surface area contributed by atoms with Gasteiger partial charge in [-0.2, -0.15) is 0 Å². The summed E-state index contributed by atoms with van der Waals surface area (Å²) >= 11 is 20.1. The van der Waals surface area contributed by atoms with E-state index in [0.29, 0.717) is 14.2 Å². The zero-order chi connectivity index (χ0) is 13.4. The first kappa shape index (κ1) is 14.8. The summed E-state index contributed by atoms with van der Waals surface area (Å²) in [7, 11) is 0. The normalized spacial score (nSPS) is 12.8. The minimum absolute atomic E-state index is 0.510. The average molecular weight is 431 g/mol. The molecule has 2 rings (SSSR count).